The number of amides is 4. The van der Waals surface area contributed by atoms with Crippen molar-refractivity contribution in [3.05, 3.63) is 47.7 Å². The molecule has 3 saturated carbocycles. The molecule has 296 valence electrons. The number of fused-ring (bicyclic) bond motifs is 5. The van der Waals surface area contributed by atoms with Gasteiger partial charge < -0.3 is 25.0 Å². The number of carbonyl (C=O) groups excluding carboxylic acids is 4. The highest BCUT2D eigenvalue weighted by atomic mass is 32.2. The average molecular weight is 776 g/mol. The van der Waals surface area contributed by atoms with Crippen LogP contribution in [0.15, 0.2) is 36.4 Å². The number of sulfonamides is 1. The van der Waals surface area contributed by atoms with Gasteiger partial charge in [0, 0.05) is 23.3 Å². The molecule has 1 aromatic carbocycles. The largest absolute Gasteiger partial charge is 0.483 e. The van der Waals surface area contributed by atoms with E-state index < -0.39 is 67.7 Å². The molecule has 1 spiro atoms. The minimum absolute atomic E-state index is 0.0800. The van der Waals surface area contributed by atoms with Gasteiger partial charge in [0.15, 0.2) is 0 Å². The summed E-state index contributed by atoms with van der Waals surface area (Å²) in [4.78, 5) is 63.3. The van der Waals surface area contributed by atoms with Crippen LogP contribution in [-0.4, -0.2) is 82.7 Å². The molecule has 14 heteroatoms. The van der Waals surface area contributed by atoms with Crippen LogP contribution < -0.4 is 20.1 Å². The predicted molar refractivity (Wildman–Crippen MR) is 204 cm³/mol. The van der Waals surface area contributed by atoms with Crippen LogP contribution in [0.3, 0.4) is 0 Å². The molecule has 6 atom stereocenters. The summed E-state index contributed by atoms with van der Waals surface area (Å²) in [6.07, 6.45) is 11.4. The van der Waals surface area contributed by atoms with Crippen LogP contribution in [0.5, 0.6) is 5.75 Å². The number of alkyl carbamates (subject to hydrolysis) is 1. The molecule has 3 aliphatic heterocycles. The number of pyridine rings is 1. The van der Waals surface area contributed by atoms with Crippen LogP contribution in [0.2, 0.25) is 0 Å². The fraction of sp³-hybridized carbons (Fsp3) is 0.634. The summed E-state index contributed by atoms with van der Waals surface area (Å²) in [7, 11) is -3.99. The van der Waals surface area contributed by atoms with E-state index in [4.69, 9.17) is 14.5 Å². The third-order valence-corrected chi connectivity index (χ3v) is 15.4. The van der Waals surface area contributed by atoms with Crippen molar-refractivity contribution in [1.82, 2.24) is 25.2 Å². The molecular weight excluding hydrogens is 723 g/mol. The number of hydrogen-bond donors (Lipinski definition) is 3. The zero-order valence-corrected chi connectivity index (χ0v) is 32.8. The maximum absolute atomic E-state index is 14.8. The van der Waals surface area contributed by atoms with Crippen molar-refractivity contribution in [3.8, 4) is 5.75 Å². The molecule has 55 heavy (non-hydrogen) atoms. The first-order chi connectivity index (χ1) is 26.2. The SMILES string of the molecule is Cc1nc2ccccc2c2c1OC1(CC2)CC2C(=O)NC3(C(=O)NS(=O)(=O)C4(C)CC4)CCC3C=CCCCCCC(NC(=O)OC(C)C3CC3)C(=O)N2C1. The lowest BCUT2D eigenvalue weighted by atomic mass is 9.65. The lowest BCUT2D eigenvalue weighted by Gasteiger charge is -2.48. The number of para-hydroxylation sites is 1. The lowest BCUT2D eigenvalue weighted by Crippen LogP contribution is -2.70. The zero-order chi connectivity index (χ0) is 38.8. The van der Waals surface area contributed by atoms with Gasteiger partial charge in [-0.3, -0.25) is 19.1 Å². The van der Waals surface area contributed by atoms with Crippen LogP contribution in [0.1, 0.15) is 109 Å². The van der Waals surface area contributed by atoms with Crippen LogP contribution in [0.25, 0.3) is 10.9 Å². The standard InChI is InChI=1S/C41H53N5O8S/c1-25-34-30(29-12-9-10-13-31(29)42-25)18-19-40(54-34)23-33-35(47)44-41(37(49)45-55(51,52)39(3)21-22-39)20-17-28(41)11-7-5-4-6-8-14-32(36(48)46(33)24-40)43-38(50)53-26(2)27-15-16-27/h7,9-13,26-28,32-33H,4-6,8,14-24H2,1-3H3,(H,43,50)(H,44,47)(H,45,49). The molecule has 4 amide bonds. The third-order valence-electron chi connectivity index (χ3n) is 13.2. The molecule has 4 fully saturated rings. The summed E-state index contributed by atoms with van der Waals surface area (Å²) in [5.41, 5.74) is 0.149. The maximum atomic E-state index is 14.8. The van der Waals surface area contributed by atoms with Gasteiger partial charge in [-0.2, -0.15) is 0 Å². The van der Waals surface area contributed by atoms with E-state index in [9.17, 15) is 27.6 Å². The number of aromatic nitrogens is 1. The number of nitrogens with one attached hydrogen (secondary N) is 3. The van der Waals surface area contributed by atoms with Gasteiger partial charge in [0.25, 0.3) is 5.91 Å². The minimum atomic E-state index is -3.99. The molecule has 8 rings (SSSR count). The molecule has 0 radical (unpaired) electrons. The Kier molecular flexibility index (Phi) is 9.65. The van der Waals surface area contributed by atoms with Gasteiger partial charge in [-0.25, -0.2) is 18.2 Å². The van der Waals surface area contributed by atoms with E-state index in [0.717, 1.165) is 42.1 Å². The number of ether oxygens (including phenoxy) is 2. The first kappa shape index (κ1) is 37.7. The van der Waals surface area contributed by atoms with Crippen LogP contribution in [-0.2, 0) is 35.6 Å². The van der Waals surface area contributed by atoms with Crippen molar-refractivity contribution in [2.45, 2.75) is 145 Å². The molecule has 3 aliphatic carbocycles. The fourth-order valence-electron chi connectivity index (χ4n) is 9.02. The summed E-state index contributed by atoms with van der Waals surface area (Å²) < 4.78 is 40.5. The monoisotopic (exact) mass is 775 g/mol. The third kappa shape index (κ3) is 7.08. The summed E-state index contributed by atoms with van der Waals surface area (Å²) in [5.74, 6) is -1.20. The van der Waals surface area contributed by atoms with E-state index in [1.54, 1.807) is 6.92 Å². The van der Waals surface area contributed by atoms with Crippen LogP contribution in [0.4, 0.5) is 4.79 Å². The Balaban J connectivity index is 1.13. The lowest BCUT2D eigenvalue weighted by molar-refractivity contribution is -0.144. The van der Waals surface area contributed by atoms with Crippen molar-refractivity contribution in [2.75, 3.05) is 6.54 Å². The van der Waals surface area contributed by atoms with Crippen molar-refractivity contribution in [1.29, 1.82) is 0 Å². The first-order valence-corrected chi connectivity index (χ1v) is 21.6. The number of allylic oxidation sites excluding steroid dienone is 1. The second-order valence-electron chi connectivity index (χ2n) is 17.2. The maximum Gasteiger partial charge on any atom is 0.408 e. The summed E-state index contributed by atoms with van der Waals surface area (Å²) in [6.45, 7) is 5.45. The zero-order valence-electron chi connectivity index (χ0n) is 32.0. The van der Waals surface area contributed by atoms with E-state index in [1.807, 2.05) is 50.3 Å². The molecule has 6 aliphatic rings. The molecule has 0 bridgehead atoms. The van der Waals surface area contributed by atoms with E-state index in [-0.39, 0.29) is 25.5 Å². The molecule has 6 unspecified atom stereocenters. The highest BCUT2D eigenvalue weighted by molar-refractivity contribution is 7.91. The Hall–Kier alpha value is -4.20. The first-order valence-electron chi connectivity index (χ1n) is 20.1. The van der Waals surface area contributed by atoms with Gasteiger partial charge in [0.05, 0.1) is 22.5 Å². The topological polar surface area (TPSA) is 173 Å². The number of aryl methyl sites for hydroxylation is 2. The number of carbonyl (C=O) groups is 4. The quantitative estimate of drug-likeness (QED) is 0.346. The van der Waals surface area contributed by atoms with E-state index in [0.29, 0.717) is 68.7 Å². The van der Waals surface area contributed by atoms with Gasteiger partial charge >= 0.3 is 6.09 Å². The molecule has 1 aromatic heterocycles. The highest BCUT2D eigenvalue weighted by Crippen LogP contribution is 2.47. The minimum Gasteiger partial charge on any atom is -0.483 e. The van der Waals surface area contributed by atoms with E-state index >= 15 is 0 Å². The Morgan fingerprint density at radius 2 is 1.84 bits per heavy atom. The number of nitrogens with zero attached hydrogens (tertiary/aromatic N) is 2. The molecule has 4 heterocycles. The molecule has 3 N–H and O–H groups in total. The second kappa shape index (κ2) is 14.1. The molecule has 1 saturated heterocycles. The van der Waals surface area contributed by atoms with E-state index in [1.165, 1.54) is 4.90 Å². The molecule has 2 aromatic rings. The van der Waals surface area contributed by atoms with Crippen molar-refractivity contribution >= 4 is 44.7 Å². The number of hydrogen-bond acceptors (Lipinski definition) is 9. The Bertz CT molecular complexity index is 2050. The summed E-state index contributed by atoms with van der Waals surface area (Å²) in [5, 5.41) is 6.88. The number of rotatable bonds is 6. The normalized spacial score (nSPS) is 31.0. The predicted octanol–water partition coefficient (Wildman–Crippen LogP) is 4.89. The Morgan fingerprint density at radius 1 is 1.05 bits per heavy atom. The Labute approximate surface area is 322 Å². The highest BCUT2D eigenvalue weighted by Gasteiger charge is 2.59. The fourth-order valence-corrected chi connectivity index (χ4v) is 10.3. The molecule has 13 nitrogen and oxygen atoms in total. The second-order valence-corrected chi connectivity index (χ2v) is 19.4. The average Bonchev–Trinajstić information content (AvgIpc) is 4.08. The van der Waals surface area contributed by atoms with Gasteiger partial charge in [-0.15, -0.1) is 0 Å². The van der Waals surface area contributed by atoms with Gasteiger partial charge in [0.1, 0.15) is 35.1 Å². The summed E-state index contributed by atoms with van der Waals surface area (Å²) >= 11 is 0. The van der Waals surface area contributed by atoms with Gasteiger partial charge in [-0.05, 0) is 103 Å². The molecular formula is C41H53N5O8S. The van der Waals surface area contributed by atoms with Crippen molar-refractivity contribution in [3.63, 3.8) is 0 Å². The van der Waals surface area contributed by atoms with Crippen LogP contribution in [0, 0.1) is 18.8 Å². The Morgan fingerprint density at radius 3 is 2.56 bits per heavy atom. The van der Waals surface area contributed by atoms with E-state index in [2.05, 4.69) is 15.4 Å². The van der Waals surface area contributed by atoms with Crippen molar-refractivity contribution in [2.24, 2.45) is 11.8 Å². The smallest absolute Gasteiger partial charge is 0.408 e. The van der Waals surface area contributed by atoms with Gasteiger partial charge in [-0.1, -0.05) is 43.2 Å². The summed E-state index contributed by atoms with van der Waals surface area (Å²) in [6, 6.07) is 5.89. The number of benzene rings is 1. The van der Waals surface area contributed by atoms with Crippen LogP contribution >= 0.6 is 0 Å². The van der Waals surface area contributed by atoms with Gasteiger partial charge in [0.2, 0.25) is 21.8 Å². The van der Waals surface area contributed by atoms with Crippen molar-refractivity contribution < 1.29 is 37.1 Å².